The molecule has 1 aliphatic rings. The molecule has 1 aliphatic heterocycles. The second-order valence-corrected chi connectivity index (χ2v) is 7.85. The number of Topliss-reactive ketones (excluding diaryl/α,β-unsaturated/α-hetero) is 1. The molecule has 1 rings (SSSR count). The number of ketones is 1. The summed E-state index contributed by atoms with van der Waals surface area (Å²) in [5.41, 5.74) is -0.189. The lowest BCUT2D eigenvalue weighted by molar-refractivity contribution is -0.274. The average Bonchev–Trinajstić information content (AvgIpc) is 2.99. The fourth-order valence-electron chi connectivity index (χ4n) is 3.63. The van der Waals surface area contributed by atoms with Crippen LogP contribution in [0.15, 0.2) is 11.3 Å². The first kappa shape index (κ1) is 25.6. The number of hydrogen-bond acceptors (Lipinski definition) is 6. The Morgan fingerprint density at radius 2 is 1.45 bits per heavy atom. The third kappa shape index (κ3) is 10.8. The molecule has 0 radical (unpaired) electrons. The van der Waals surface area contributed by atoms with E-state index in [2.05, 4.69) is 11.8 Å². The smallest absolute Gasteiger partial charge is 0.346 e. The summed E-state index contributed by atoms with van der Waals surface area (Å²) in [5.74, 6) is -1.33. The molecule has 1 N–H and O–H groups in total. The van der Waals surface area contributed by atoms with Gasteiger partial charge < -0.3 is 9.84 Å². The predicted octanol–water partition coefficient (Wildman–Crippen LogP) is 5.74. The van der Waals surface area contributed by atoms with Crippen molar-refractivity contribution in [2.45, 2.75) is 109 Å². The molecule has 1 unspecified atom stereocenters. The topological polar surface area (TPSA) is 82.1 Å². The van der Waals surface area contributed by atoms with E-state index in [9.17, 15) is 14.7 Å². The van der Waals surface area contributed by atoms with Crippen molar-refractivity contribution in [2.24, 2.45) is 0 Å². The van der Waals surface area contributed by atoms with Crippen molar-refractivity contribution in [1.82, 2.24) is 0 Å². The van der Waals surface area contributed by atoms with Crippen LogP contribution in [0.3, 0.4) is 0 Å². The van der Waals surface area contributed by atoms with Crippen LogP contribution >= 0.6 is 0 Å². The number of aliphatic hydroxyl groups excluding tert-OH is 1. The highest BCUT2D eigenvalue weighted by molar-refractivity contribution is 6.19. The van der Waals surface area contributed by atoms with Gasteiger partial charge in [-0.15, -0.1) is 0 Å². The summed E-state index contributed by atoms with van der Waals surface area (Å²) >= 11 is 0. The van der Waals surface area contributed by atoms with Crippen LogP contribution in [0.4, 0.5) is 0 Å². The maximum Gasteiger partial charge on any atom is 0.346 e. The van der Waals surface area contributed by atoms with Gasteiger partial charge in [-0.3, -0.25) is 4.79 Å². The van der Waals surface area contributed by atoms with Crippen molar-refractivity contribution in [1.29, 1.82) is 0 Å². The zero-order valence-electron chi connectivity index (χ0n) is 18.4. The summed E-state index contributed by atoms with van der Waals surface area (Å²) in [6, 6.07) is 0. The van der Waals surface area contributed by atoms with E-state index in [0.29, 0.717) is 0 Å². The molecule has 0 fully saturated rings. The second kappa shape index (κ2) is 16.4. The summed E-state index contributed by atoms with van der Waals surface area (Å²) in [5, 5.41) is 10.1. The van der Waals surface area contributed by atoms with Crippen molar-refractivity contribution in [2.75, 3.05) is 13.7 Å². The van der Waals surface area contributed by atoms with Gasteiger partial charge in [0.05, 0.1) is 13.7 Å². The summed E-state index contributed by atoms with van der Waals surface area (Å²) in [4.78, 5) is 33.3. The fourth-order valence-corrected chi connectivity index (χ4v) is 3.63. The monoisotopic (exact) mass is 412 g/mol. The first-order chi connectivity index (χ1) is 14.1. The number of hydrogen-bond donors (Lipinski definition) is 1. The summed E-state index contributed by atoms with van der Waals surface area (Å²) in [6.45, 7) is 2.41. The summed E-state index contributed by atoms with van der Waals surface area (Å²) in [6.07, 6.45) is 15.7. The molecule has 0 saturated carbocycles. The lowest BCUT2D eigenvalue weighted by atomic mass is 10.0. The van der Waals surface area contributed by atoms with E-state index in [0.717, 1.165) is 19.3 Å². The highest BCUT2D eigenvalue weighted by Crippen LogP contribution is 2.25. The number of cyclic esters (lactones) is 1. The maximum atomic E-state index is 12.3. The Kier molecular flexibility index (Phi) is 14.5. The molecule has 0 saturated heterocycles. The summed E-state index contributed by atoms with van der Waals surface area (Å²) < 4.78 is 5.05. The Labute approximate surface area is 175 Å². The van der Waals surface area contributed by atoms with Crippen LogP contribution in [-0.2, 0) is 24.1 Å². The Morgan fingerprint density at radius 3 is 1.97 bits per heavy atom. The van der Waals surface area contributed by atoms with Crippen LogP contribution < -0.4 is 0 Å². The molecule has 6 nitrogen and oxygen atoms in total. The number of esters is 1. The van der Waals surface area contributed by atoms with Crippen LogP contribution in [0.2, 0.25) is 0 Å². The molecule has 0 aromatic rings. The Morgan fingerprint density at radius 1 is 0.931 bits per heavy atom. The van der Waals surface area contributed by atoms with Gasteiger partial charge in [0, 0.05) is 12.8 Å². The van der Waals surface area contributed by atoms with Gasteiger partial charge in [0.1, 0.15) is 5.57 Å². The summed E-state index contributed by atoms with van der Waals surface area (Å²) in [7, 11) is 1.38. The van der Waals surface area contributed by atoms with Gasteiger partial charge >= 0.3 is 5.97 Å². The molecule has 1 atom stereocenters. The molecular formula is C23H40O6. The Balaban J connectivity index is 2.06. The third-order valence-electron chi connectivity index (χ3n) is 5.38. The van der Waals surface area contributed by atoms with Crippen molar-refractivity contribution >= 4 is 11.8 Å². The number of unbranched alkanes of at least 4 members (excludes halogenated alkanes) is 12. The molecule has 0 spiro atoms. The lowest BCUT2D eigenvalue weighted by Crippen LogP contribution is -2.14. The number of carbonyl (C=O) groups excluding carboxylic acids is 2. The van der Waals surface area contributed by atoms with Gasteiger partial charge in [-0.1, -0.05) is 84.0 Å². The minimum atomic E-state index is -0.816. The maximum absolute atomic E-state index is 12.3. The van der Waals surface area contributed by atoms with Gasteiger partial charge in [-0.05, 0) is 6.42 Å². The van der Waals surface area contributed by atoms with Crippen LogP contribution in [0.5, 0.6) is 0 Å². The van der Waals surface area contributed by atoms with Crippen molar-refractivity contribution in [3.8, 4) is 0 Å². The van der Waals surface area contributed by atoms with Gasteiger partial charge in [0.25, 0.3) is 0 Å². The minimum Gasteiger partial charge on any atom is -0.507 e. The molecule has 0 bridgehead atoms. The van der Waals surface area contributed by atoms with Crippen molar-refractivity contribution in [3.63, 3.8) is 0 Å². The number of carbonyl (C=O) groups is 2. The van der Waals surface area contributed by atoms with E-state index in [1.54, 1.807) is 0 Å². The van der Waals surface area contributed by atoms with Gasteiger partial charge in [0.2, 0.25) is 0 Å². The third-order valence-corrected chi connectivity index (χ3v) is 5.38. The van der Waals surface area contributed by atoms with Gasteiger partial charge in [-0.2, -0.15) is 0 Å². The molecule has 0 aromatic carbocycles. The van der Waals surface area contributed by atoms with E-state index in [-0.39, 0.29) is 36.6 Å². The van der Waals surface area contributed by atoms with E-state index in [1.807, 2.05) is 0 Å². The largest absolute Gasteiger partial charge is 0.507 e. The fraction of sp³-hybridized carbons (Fsp3) is 0.826. The van der Waals surface area contributed by atoms with E-state index < -0.39 is 12.1 Å². The van der Waals surface area contributed by atoms with Crippen molar-refractivity contribution in [3.05, 3.63) is 11.3 Å². The Hall–Kier alpha value is -1.40. The molecule has 0 amide bonds. The zero-order chi connectivity index (χ0) is 21.3. The predicted molar refractivity (Wildman–Crippen MR) is 112 cm³/mol. The number of aliphatic hydroxyl groups is 1. The van der Waals surface area contributed by atoms with Crippen LogP contribution in [0.25, 0.3) is 0 Å². The van der Waals surface area contributed by atoms with Crippen molar-refractivity contribution < 1.29 is 29.2 Å². The number of ether oxygens (including phenoxy) is 1. The highest BCUT2D eigenvalue weighted by atomic mass is 17.2. The molecule has 0 aromatic heterocycles. The first-order valence-electron chi connectivity index (χ1n) is 11.4. The van der Waals surface area contributed by atoms with Crippen LogP contribution in [0.1, 0.15) is 103 Å². The normalized spacial score (nSPS) is 16.5. The van der Waals surface area contributed by atoms with E-state index in [1.165, 1.54) is 71.3 Å². The standard InChI is InChI=1S/C23H40O6/c1-3-4-5-6-7-8-9-10-11-12-13-14-15-16-19(24)21-22(25)20(29-23(21)26)17-18-28-27-2/h20,25H,3-18H2,1-2H3. The SMILES string of the molecule is CCCCCCCCCCCCCCCC(=O)C1=C(O)C(CCOOC)OC1=O. The van der Waals surface area contributed by atoms with Crippen LogP contribution in [-0.4, -0.2) is 36.7 Å². The van der Waals surface area contributed by atoms with E-state index >= 15 is 0 Å². The highest BCUT2D eigenvalue weighted by Gasteiger charge is 2.37. The molecule has 0 aliphatic carbocycles. The number of rotatable bonds is 19. The first-order valence-corrected chi connectivity index (χ1v) is 11.4. The van der Waals surface area contributed by atoms with Crippen LogP contribution in [0, 0.1) is 0 Å². The molecular weight excluding hydrogens is 372 g/mol. The molecule has 29 heavy (non-hydrogen) atoms. The average molecular weight is 413 g/mol. The minimum absolute atomic E-state index is 0.166. The molecule has 168 valence electrons. The zero-order valence-corrected chi connectivity index (χ0v) is 18.4. The lowest BCUT2D eigenvalue weighted by Gasteiger charge is -2.08. The molecule has 6 heteroatoms. The van der Waals surface area contributed by atoms with Gasteiger partial charge in [0.15, 0.2) is 17.6 Å². The second-order valence-electron chi connectivity index (χ2n) is 7.85. The Bertz CT molecular complexity index is 500. The quantitative estimate of drug-likeness (QED) is 0.0957. The van der Waals surface area contributed by atoms with Gasteiger partial charge in [-0.25, -0.2) is 14.6 Å². The van der Waals surface area contributed by atoms with E-state index in [4.69, 9.17) is 9.62 Å². The molecule has 1 heterocycles.